The molecule has 0 bridgehead atoms. The zero-order valence-electron chi connectivity index (χ0n) is 8.99. The molecule has 2 heterocycles. The van der Waals surface area contributed by atoms with E-state index in [1.807, 2.05) is 25.3 Å². The normalized spacial score (nSPS) is 10.4. The number of hydrogen-bond acceptors (Lipinski definition) is 5. The van der Waals surface area contributed by atoms with E-state index in [0.717, 1.165) is 26.9 Å². The number of rotatable bonds is 3. The summed E-state index contributed by atoms with van der Waals surface area (Å²) in [6, 6.07) is 1.85. The zero-order valence-corrected chi connectivity index (χ0v) is 11.4. The van der Waals surface area contributed by atoms with E-state index in [2.05, 4.69) is 36.2 Å². The fraction of sp³-hybridized carbons (Fsp3) is 0.300. The van der Waals surface area contributed by atoms with Crippen molar-refractivity contribution in [3.63, 3.8) is 0 Å². The third-order valence-corrected chi connectivity index (χ3v) is 3.15. The monoisotopic (exact) mass is 298 g/mol. The summed E-state index contributed by atoms with van der Waals surface area (Å²) in [6.07, 6.45) is 0. The number of halogens is 1. The summed E-state index contributed by atoms with van der Waals surface area (Å²) in [6.45, 7) is 4.55. The SMILES string of the molecule is Cc1nc(Br)cc(NCc2csc(C)n2)n1. The quantitative estimate of drug-likeness (QED) is 0.885. The molecule has 0 amide bonds. The molecule has 0 aliphatic heterocycles. The molecule has 0 fully saturated rings. The first kappa shape index (κ1) is 11.5. The van der Waals surface area contributed by atoms with Gasteiger partial charge in [0.2, 0.25) is 0 Å². The summed E-state index contributed by atoms with van der Waals surface area (Å²) in [4.78, 5) is 12.8. The maximum atomic E-state index is 4.37. The van der Waals surface area contributed by atoms with Gasteiger partial charge in [-0.2, -0.15) is 0 Å². The van der Waals surface area contributed by atoms with Crippen molar-refractivity contribution in [2.24, 2.45) is 0 Å². The zero-order chi connectivity index (χ0) is 11.5. The molecular weight excluding hydrogens is 288 g/mol. The molecule has 4 nitrogen and oxygen atoms in total. The number of thiazole rings is 1. The Balaban J connectivity index is 2.04. The minimum absolute atomic E-state index is 0.688. The number of aromatic nitrogens is 3. The Hall–Kier alpha value is -1.01. The molecule has 0 atom stereocenters. The summed E-state index contributed by atoms with van der Waals surface area (Å²) in [5, 5.41) is 6.35. The molecule has 2 rings (SSSR count). The molecule has 16 heavy (non-hydrogen) atoms. The lowest BCUT2D eigenvalue weighted by Crippen LogP contribution is -2.03. The third-order valence-electron chi connectivity index (χ3n) is 1.92. The molecular formula is C10H11BrN4S. The Morgan fingerprint density at radius 1 is 1.31 bits per heavy atom. The summed E-state index contributed by atoms with van der Waals surface area (Å²) >= 11 is 4.99. The van der Waals surface area contributed by atoms with Crippen molar-refractivity contribution >= 4 is 33.1 Å². The largest absolute Gasteiger partial charge is 0.364 e. The molecule has 0 saturated carbocycles. The molecule has 0 radical (unpaired) electrons. The summed E-state index contributed by atoms with van der Waals surface area (Å²) in [5.41, 5.74) is 1.04. The maximum absolute atomic E-state index is 4.37. The Kier molecular flexibility index (Phi) is 3.50. The lowest BCUT2D eigenvalue weighted by Gasteiger charge is -2.04. The van der Waals surface area contributed by atoms with Crippen LogP contribution in [0.5, 0.6) is 0 Å². The Morgan fingerprint density at radius 2 is 2.12 bits per heavy atom. The highest BCUT2D eigenvalue weighted by atomic mass is 79.9. The number of aryl methyl sites for hydroxylation is 2. The first-order chi connectivity index (χ1) is 7.63. The van der Waals surface area contributed by atoms with Crippen molar-refractivity contribution in [3.05, 3.63) is 32.6 Å². The van der Waals surface area contributed by atoms with Gasteiger partial charge in [0, 0.05) is 11.4 Å². The predicted molar refractivity (Wildman–Crippen MR) is 68.6 cm³/mol. The van der Waals surface area contributed by atoms with Crippen LogP contribution < -0.4 is 5.32 Å². The van der Waals surface area contributed by atoms with Crippen molar-refractivity contribution < 1.29 is 0 Å². The van der Waals surface area contributed by atoms with Gasteiger partial charge in [-0.3, -0.25) is 0 Å². The van der Waals surface area contributed by atoms with Crippen LogP contribution >= 0.6 is 27.3 Å². The lowest BCUT2D eigenvalue weighted by molar-refractivity contribution is 0.989. The molecule has 0 saturated heterocycles. The second-order valence-corrected chi connectivity index (χ2v) is 5.21. The minimum Gasteiger partial charge on any atom is -0.364 e. The van der Waals surface area contributed by atoms with Crippen LogP contribution in [0.4, 0.5) is 5.82 Å². The van der Waals surface area contributed by atoms with Gasteiger partial charge in [0.15, 0.2) is 0 Å². The molecule has 0 unspecified atom stereocenters. The number of hydrogen-bond donors (Lipinski definition) is 1. The molecule has 0 aliphatic rings. The van der Waals surface area contributed by atoms with E-state index >= 15 is 0 Å². The fourth-order valence-electron chi connectivity index (χ4n) is 1.29. The topological polar surface area (TPSA) is 50.7 Å². The average molecular weight is 299 g/mol. The fourth-order valence-corrected chi connectivity index (χ4v) is 2.38. The van der Waals surface area contributed by atoms with Crippen molar-refractivity contribution in [3.8, 4) is 0 Å². The van der Waals surface area contributed by atoms with Crippen LogP contribution in [0.1, 0.15) is 16.5 Å². The second kappa shape index (κ2) is 4.88. The van der Waals surface area contributed by atoms with Gasteiger partial charge in [-0.1, -0.05) is 0 Å². The number of nitrogens with one attached hydrogen (secondary N) is 1. The third kappa shape index (κ3) is 2.99. The van der Waals surface area contributed by atoms with Crippen LogP contribution in [0.15, 0.2) is 16.0 Å². The van der Waals surface area contributed by atoms with Crippen LogP contribution in [0.2, 0.25) is 0 Å². The van der Waals surface area contributed by atoms with Gasteiger partial charge in [-0.25, -0.2) is 15.0 Å². The molecule has 6 heteroatoms. The van der Waals surface area contributed by atoms with Gasteiger partial charge in [0.25, 0.3) is 0 Å². The van der Waals surface area contributed by atoms with E-state index in [9.17, 15) is 0 Å². The van der Waals surface area contributed by atoms with Crippen LogP contribution in [0, 0.1) is 13.8 Å². The van der Waals surface area contributed by atoms with Gasteiger partial charge >= 0.3 is 0 Å². The average Bonchev–Trinajstić information content (AvgIpc) is 2.60. The van der Waals surface area contributed by atoms with E-state index in [1.165, 1.54) is 0 Å². The Morgan fingerprint density at radius 3 is 2.75 bits per heavy atom. The summed E-state index contributed by atoms with van der Waals surface area (Å²) in [7, 11) is 0. The summed E-state index contributed by atoms with van der Waals surface area (Å²) in [5.74, 6) is 1.55. The molecule has 0 aromatic carbocycles. The first-order valence-corrected chi connectivity index (χ1v) is 6.47. The van der Waals surface area contributed by atoms with E-state index < -0.39 is 0 Å². The molecule has 2 aromatic rings. The number of anilines is 1. The van der Waals surface area contributed by atoms with Crippen molar-refractivity contribution in [1.29, 1.82) is 0 Å². The predicted octanol–water partition coefficient (Wildman–Crippen LogP) is 2.92. The van der Waals surface area contributed by atoms with E-state index in [1.54, 1.807) is 11.3 Å². The van der Waals surface area contributed by atoms with Crippen LogP contribution in [-0.2, 0) is 6.54 Å². The highest BCUT2D eigenvalue weighted by molar-refractivity contribution is 9.10. The van der Waals surface area contributed by atoms with E-state index in [0.29, 0.717) is 6.54 Å². The van der Waals surface area contributed by atoms with Gasteiger partial charge in [0.05, 0.1) is 17.2 Å². The molecule has 0 aliphatic carbocycles. The van der Waals surface area contributed by atoms with Crippen molar-refractivity contribution in [2.45, 2.75) is 20.4 Å². The van der Waals surface area contributed by atoms with Crippen molar-refractivity contribution in [2.75, 3.05) is 5.32 Å². The lowest BCUT2D eigenvalue weighted by atomic mass is 10.4. The smallest absolute Gasteiger partial charge is 0.131 e. The summed E-state index contributed by atoms with van der Waals surface area (Å²) < 4.78 is 0.789. The first-order valence-electron chi connectivity index (χ1n) is 4.79. The molecule has 2 aromatic heterocycles. The van der Waals surface area contributed by atoms with Gasteiger partial charge in [0.1, 0.15) is 16.2 Å². The molecule has 1 N–H and O–H groups in total. The highest BCUT2D eigenvalue weighted by Gasteiger charge is 2.01. The molecule has 84 valence electrons. The van der Waals surface area contributed by atoms with Crippen molar-refractivity contribution in [1.82, 2.24) is 15.0 Å². The van der Waals surface area contributed by atoms with E-state index in [4.69, 9.17) is 0 Å². The number of nitrogens with zero attached hydrogens (tertiary/aromatic N) is 3. The molecule has 0 spiro atoms. The van der Waals surface area contributed by atoms with Gasteiger partial charge in [-0.15, -0.1) is 11.3 Å². The minimum atomic E-state index is 0.688. The maximum Gasteiger partial charge on any atom is 0.131 e. The standard InChI is InChI=1S/C10H11BrN4S/c1-6-13-9(11)3-10(14-6)12-4-8-5-16-7(2)15-8/h3,5H,4H2,1-2H3,(H,12,13,14). The Labute approximate surface area is 106 Å². The second-order valence-electron chi connectivity index (χ2n) is 3.33. The van der Waals surface area contributed by atoms with E-state index in [-0.39, 0.29) is 0 Å². The van der Waals surface area contributed by atoms with Gasteiger partial charge in [-0.05, 0) is 29.8 Å². The van der Waals surface area contributed by atoms with Crippen LogP contribution in [0.3, 0.4) is 0 Å². The highest BCUT2D eigenvalue weighted by Crippen LogP contribution is 2.14. The van der Waals surface area contributed by atoms with Crippen LogP contribution in [0.25, 0.3) is 0 Å². The Bertz CT molecular complexity index is 477. The van der Waals surface area contributed by atoms with Gasteiger partial charge < -0.3 is 5.32 Å². The van der Waals surface area contributed by atoms with Crippen LogP contribution in [-0.4, -0.2) is 15.0 Å².